The van der Waals surface area contributed by atoms with Gasteiger partial charge in [0.2, 0.25) is 0 Å². The smallest absolute Gasteiger partial charge is 0.417 e. The molecule has 0 bridgehead atoms. The molecule has 2 aromatic carbocycles. The lowest BCUT2D eigenvalue weighted by Gasteiger charge is -2.35. The molecule has 0 saturated heterocycles. The standard InChI is InChI=1S/C28H29F4N3O6S/c1-4-34-17-25(27(33-34)40-5-2)42(37,38)35-16-19(11-14-26(36)39-3)41-24-13-10-18(15-23(24)35)9-12-20-21(28(30,31)32)7-6-8-22(20)29/h6-10,12-13,15,17,19H,4-5,11,14,16H2,1-3H3/t19-/m0/s1. The SMILES string of the molecule is CCOc1nn(CC)cc1S(=O)(=O)N1C[C@H](CCC(=O)OC)Oc2ccc(C=Cc3c(F)cccc3C(F)(F)F)cc21. The number of fused-ring (bicyclic) bond motifs is 1. The van der Waals surface area contributed by atoms with Crippen LogP contribution < -0.4 is 13.8 Å². The molecular weight excluding hydrogens is 582 g/mol. The van der Waals surface area contributed by atoms with Crippen molar-refractivity contribution in [3.63, 3.8) is 0 Å². The number of alkyl halides is 3. The number of aryl methyl sites for hydroxylation is 1. The molecule has 42 heavy (non-hydrogen) atoms. The minimum Gasteiger partial charge on any atom is -0.486 e. The molecule has 0 radical (unpaired) electrons. The Morgan fingerprint density at radius 2 is 1.95 bits per heavy atom. The number of carbonyl (C=O) groups excluding carboxylic acids is 1. The number of ether oxygens (including phenoxy) is 3. The van der Waals surface area contributed by atoms with Gasteiger partial charge in [0.1, 0.15) is 17.7 Å². The summed E-state index contributed by atoms with van der Waals surface area (Å²) in [5, 5.41) is 4.20. The van der Waals surface area contributed by atoms with Crippen molar-refractivity contribution in [2.75, 3.05) is 24.6 Å². The molecule has 226 valence electrons. The van der Waals surface area contributed by atoms with Gasteiger partial charge in [-0.15, -0.1) is 5.10 Å². The molecule has 0 saturated carbocycles. The number of hydrogen-bond donors (Lipinski definition) is 0. The van der Waals surface area contributed by atoms with Crippen molar-refractivity contribution in [1.29, 1.82) is 0 Å². The van der Waals surface area contributed by atoms with Crippen molar-refractivity contribution in [2.24, 2.45) is 0 Å². The highest BCUT2D eigenvalue weighted by Gasteiger charge is 2.38. The summed E-state index contributed by atoms with van der Waals surface area (Å²) in [5.41, 5.74) is -1.41. The van der Waals surface area contributed by atoms with Crippen molar-refractivity contribution in [2.45, 2.75) is 50.4 Å². The zero-order chi connectivity index (χ0) is 30.7. The van der Waals surface area contributed by atoms with Crippen molar-refractivity contribution in [1.82, 2.24) is 9.78 Å². The molecule has 2 heterocycles. The number of halogens is 4. The Morgan fingerprint density at radius 3 is 2.62 bits per heavy atom. The van der Waals surface area contributed by atoms with E-state index < -0.39 is 45.2 Å². The maximum absolute atomic E-state index is 14.4. The van der Waals surface area contributed by atoms with E-state index in [1.165, 1.54) is 42.3 Å². The summed E-state index contributed by atoms with van der Waals surface area (Å²) in [5.74, 6) is -1.47. The molecule has 0 fully saturated rings. The number of sulfonamides is 1. The van der Waals surface area contributed by atoms with Crippen LogP contribution in [0.25, 0.3) is 12.2 Å². The largest absolute Gasteiger partial charge is 0.486 e. The molecule has 9 nitrogen and oxygen atoms in total. The van der Waals surface area contributed by atoms with E-state index in [1.807, 2.05) is 0 Å². The fourth-order valence-corrected chi connectivity index (χ4v) is 5.98. The predicted molar refractivity (Wildman–Crippen MR) is 146 cm³/mol. The molecule has 0 N–H and O–H groups in total. The van der Waals surface area contributed by atoms with Gasteiger partial charge in [0.25, 0.3) is 15.9 Å². The number of benzene rings is 2. The Labute approximate surface area is 240 Å². The lowest BCUT2D eigenvalue weighted by atomic mass is 10.0. The quantitative estimate of drug-likeness (QED) is 0.169. The average molecular weight is 612 g/mol. The van der Waals surface area contributed by atoms with Crippen molar-refractivity contribution >= 4 is 33.8 Å². The topological polar surface area (TPSA) is 100.0 Å². The lowest BCUT2D eigenvalue weighted by molar-refractivity contribution is -0.141. The van der Waals surface area contributed by atoms with Gasteiger partial charge in [-0.25, -0.2) is 12.8 Å². The first kappa shape index (κ1) is 30.9. The molecule has 0 aliphatic carbocycles. The zero-order valence-electron chi connectivity index (χ0n) is 23.0. The Balaban J connectivity index is 1.78. The van der Waals surface area contributed by atoms with Crippen LogP contribution in [0, 0.1) is 5.82 Å². The highest BCUT2D eigenvalue weighted by molar-refractivity contribution is 7.93. The second-order valence-corrected chi connectivity index (χ2v) is 11.1. The fraction of sp³-hybridized carbons (Fsp3) is 0.357. The van der Waals surface area contributed by atoms with Crippen LogP contribution in [0.4, 0.5) is 23.2 Å². The van der Waals surface area contributed by atoms with E-state index >= 15 is 0 Å². The van der Waals surface area contributed by atoms with Gasteiger partial charge in [-0.2, -0.15) is 13.2 Å². The van der Waals surface area contributed by atoms with E-state index in [4.69, 9.17) is 14.2 Å². The second-order valence-electron chi connectivity index (χ2n) is 9.24. The van der Waals surface area contributed by atoms with Gasteiger partial charge in [0.05, 0.1) is 31.5 Å². The minimum atomic E-state index is -4.78. The van der Waals surface area contributed by atoms with Crippen LogP contribution in [0.1, 0.15) is 43.4 Å². The number of anilines is 1. The molecule has 0 spiro atoms. The summed E-state index contributed by atoms with van der Waals surface area (Å²) in [4.78, 5) is 11.6. The molecular formula is C28H29F4N3O6S. The van der Waals surface area contributed by atoms with Gasteiger partial charge >= 0.3 is 12.1 Å². The number of rotatable bonds is 10. The molecule has 0 amide bonds. The molecule has 1 aromatic heterocycles. The van der Waals surface area contributed by atoms with E-state index in [0.717, 1.165) is 28.6 Å². The van der Waals surface area contributed by atoms with Crippen LogP contribution in [0.2, 0.25) is 0 Å². The molecule has 1 aliphatic heterocycles. The Hall–Kier alpha value is -4.07. The highest BCUT2D eigenvalue weighted by Crippen LogP contribution is 2.41. The van der Waals surface area contributed by atoms with Crippen LogP contribution in [-0.4, -0.2) is 50.5 Å². The number of nitrogens with zero attached hydrogens (tertiary/aromatic N) is 3. The normalized spacial score (nSPS) is 15.4. The molecule has 4 rings (SSSR count). The first-order chi connectivity index (χ1) is 19.9. The highest BCUT2D eigenvalue weighted by atomic mass is 32.2. The van der Waals surface area contributed by atoms with Crippen LogP contribution in [0.15, 0.2) is 47.5 Å². The van der Waals surface area contributed by atoms with Crippen LogP contribution in [-0.2, 0) is 32.3 Å². The minimum absolute atomic E-state index is 0.0205. The first-order valence-corrected chi connectivity index (χ1v) is 14.5. The van der Waals surface area contributed by atoms with Gasteiger partial charge in [0, 0.05) is 24.7 Å². The summed E-state index contributed by atoms with van der Waals surface area (Å²) in [6.07, 6.45) is -1.79. The van der Waals surface area contributed by atoms with E-state index in [9.17, 15) is 30.8 Å². The monoisotopic (exact) mass is 611 g/mol. The van der Waals surface area contributed by atoms with Crippen molar-refractivity contribution < 1.29 is 45.0 Å². The maximum Gasteiger partial charge on any atom is 0.417 e. The van der Waals surface area contributed by atoms with Gasteiger partial charge in [-0.05, 0) is 50.1 Å². The number of hydrogen-bond acceptors (Lipinski definition) is 7. The van der Waals surface area contributed by atoms with E-state index in [1.54, 1.807) is 13.8 Å². The van der Waals surface area contributed by atoms with Crippen LogP contribution in [0.5, 0.6) is 11.6 Å². The summed E-state index contributed by atoms with van der Waals surface area (Å²) >= 11 is 0. The molecule has 0 unspecified atom stereocenters. The summed E-state index contributed by atoms with van der Waals surface area (Å²) in [6.45, 7) is 3.82. The van der Waals surface area contributed by atoms with Gasteiger partial charge in [-0.1, -0.05) is 24.3 Å². The third-order valence-corrected chi connectivity index (χ3v) is 8.24. The van der Waals surface area contributed by atoms with Gasteiger partial charge in [-0.3, -0.25) is 13.8 Å². The third kappa shape index (κ3) is 6.53. The summed E-state index contributed by atoms with van der Waals surface area (Å²) in [7, 11) is -3.07. The second kappa shape index (κ2) is 12.4. The average Bonchev–Trinajstić information content (AvgIpc) is 3.38. The third-order valence-electron chi connectivity index (χ3n) is 6.48. The predicted octanol–water partition coefficient (Wildman–Crippen LogP) is 5.54. The number of aromatic nitrogens is 2. The molecule has 1 aliphatic rings. The summed E-state index contributed by atoms with van der Waals surface area (Å²) in [6, 6.07) is 7.05. The van der Waals surface area contributed by atoms with Crippen molar-refractivity contribution in [3.05, 3.63) is 65.1 Å². The fourth-order valence-electron chi connectivity index (χ4n) is 4.40. The first-order valence-electron chi connectivity index (χ1n) is 13.0. The van der Waals surface area contributed by atoms with Gasteiger partial charge in [0.15, 0.2) is 4.90 Å². The molecule has 1 atom stereocenters. The Bertz CT molecular complexity index is 1590. The molecule has 3 aromatic rings. The number of esters is 1. The zero-order valence-corrected chi connectivity index (χ0v) is 23.8. The van der Waals surface area contributed by atoms with Crippen LogP contribution >= 0.6 is 0 Å². The number of methoxy groups -OCH3 is 1. The van der Waals surface area contributed by atoms with E-state index in [-0.39, 0.29) is 53.8 Å². The number of carbonyl (C=O) groups is 1. The molecule has 14 heteroatoms. The van der Waals surface area contributed by atoms with E-state index in [2.05, 4.69) is 5.10 Å². The maximum atomic E-state index is 14.4. The summed E-state index contributed by atoms with van der Waals surface area (Å²) < 4.78 is 102. The van der Waals surface area contributed by atoms with E-state index in [0.29, 0.717) is 6.54 Å². The lowest BCUT2D eigenvalue weighted by Crippen LogP contribution is -2.43. The van der Waals surface area contributed by atoms with Crippen LogP contribution in [0.3, 0.4) is 0 Å². The Kier molecular flexibility index (Phi) is 9.14. The van der Waals surface area contributed by atoms with Gasteiger partial charge < -0.3 is 14.2 Å². The van der Waals surface area contributed by atoms with Crippen molar-refractivity contribution in [3.8, 4) is 11.6 Å². The Morgan fingerprint density at radius 1 is 1.19 bits per heavy atom.